The molecule has 1 atom stereocenters. The third kappa shape index (κ3) is 6.59. The van der Waals surface area contributed by atoms with E-state index in [1.807, 2.05) is 30.3 Å². The standard InChI is InChI=1S/C29H29N3O6/c1-3-4-10-27(34)31-13-14-32(22(19-31)18-30-26(33)16-21-8-6-5-7-9-21)29(36)37-23-11-12-24-20(2)15-28(35)38-25(24)17-23/h1,5-9,11-12,15,17,22H,4,10,13-14,16,18-19H2,2H3,(H,30,33). The van der Waals surface area contributed by atoms with Gasteiger partial charge in [-0.05, 0) is 30.2 Å². The molecule has 1 N–H and O–H groups in total. The molecule has 0 bridgehead atoms. The van der Waals surface area contributed by atoms with E-state index >= 15 is 0 Å². The molecule has 1 aliphatic heterocycles. The maximum Gasteiger partial charge on any atom is 0.415 e. The van der Waals surface area contributed by atoms with Gasteiger partial charge in [-0.15, -0.1) is 12.3 Å². The highest BCUT2D eigenvalue weighted by atomic mass is 16.6. The fourth-order valence-corrected chi connectivity index (χ4v) is 4.44. The van der Waals surface area contributed by atoms with E-state index in [-0.39, 0.29) is 50.0 Å². The Bertz CT molecular complexity index is 1430. The van der Waals surface area contributed by atoms with E-state index in [0.717, 1.165) is 16.5 Å². The normalized spacial score (nSPS) is 15.1. The minimum Gasteiger partial charge on any atom is -0.423 e. The van der Waals surface area contributed by atoms with Crippen LogP contribution in [0.2, 0.25) is 0 Å². The van der Waals surface area contributed by atoms with Gasteiger partial charge in [-0.1, -0.05) is 30.3 Å². The van der Waals surface area contributed by atoms with Gasteiger partial charge in [0.25, 0.3) is 0 Å². The van der Waals surface area contributed by atoms with Gasteiger partial charge in [0.1, 0.15) is 11.3 Å². The van der Waals surface area contributed by atoms with Crippen LogP contribution in [-0.2, 0) is 16.0 Å². The number of nitrogens with one attached hydrogen (secondary N) is 1. The van der Waals surface area contributed by atoms with Crippen molar-refractivity contribution in [3.05, 3.63) is 76.1 Å². The first-order valence-corrected chi connectivity index (χ1v) is 12.4. The van der Waals surface area contributed by atoms with E-state index in [1.165, 1.54) is 17.0 Å². The highest BCUT2D eigenvalue weighted by Gasteiger charge is 2.33. The number of aryl methyl sites for hydroxylation is 1. The lowest BCUT2D eigenvalue weighted by molar-refractivity contribution is -0.133. The summed E-state index contributed by atoms with van der Waals surface area (Å²) in [6, 6.07) is 15.1. The minimum absolute atomic E-state index is 0.100. The van der Waals surface area contributed by atoms with Gasteiger partial charge in [0.2, 0.25) is 11.8 Å². The Morgan fingerprint density at radius 1 is 1.13 bits per heavy atom. The highest BCUT2D eigenvalue weighted by Crippen LogP contribution is 2.23. The molecule has 196 valence electrons. The van der Waals surface area contributed by atoms with Crippen LogP contribution < -0.4 is 15.7 Å². The summed E-state index contributed by atoms with van der Waals surface area (Å²) in [6.45, 7) is 2.72. The summed E-state index contributed by atoms with van der Waals surface area (Å²) < 4.78 is 10.9. The third-order valence-electron chi connectivity index (χ3n) is 6.42. The zero-order valence-electron chi connectivity index (χ0n) is 21.1. The van der Waals surface area contributed by atoms with Crippen LogP contribution in [0.5, 0.6) is 5.75 Å². The Labute approximate surface area is 220 Å². The molecule has 0 aliphatic carbocycles. The van der Waals surface area contributed by atoms with Crippen molar-refractivity contribution in [2.45, 2.75) is 32.2 Å². The van der Waals surface area contributed by atoms with Crippen LogP contribution in [0.4, 0.5) is 4.79 Å². The summed E-state index contributed by atoms with van der Waals surface area (Å²) >= 11 is 0. The number of ether oxygens (including phenoxy) is 1. The molecule has 3 amide bonds. The predicted octanol–water partition coefficient (Wildman–Crippen LogP) is 2.89. The number of terminal acetylenes is 1. The lowest BCUT2D eigenvalue weighted by atomic mass is 10.1. The van der Waals surface area contributed by atoms with E-state index in [1.54, 1.807) is 24.0 Å². The summed E-state index contributed by atoms with van der Waals surface area (Å²) in [5.41, 5.74) is 1.45. The van der Waals surface area contributed by atoms with Gasteiger partial charge in [0.05, 0.1) is 12.5 Å². The molecule has 2 heterocycles. The number of carbonyl (C=O) groups is 3. The molecule has 1 aromatic heterocycles. The quantitative estimate of drug-likeness (QED) is 0.383. The molecule has 4 rings (SSSR count). The maximum atomic E-state index is 13.2. The molecule has 1 unspecified atom stereocenters. The third-order valence-corrected chi connectivity index (χ3v) is 6.42. The summed E-state index contributed by atoms with van der Waals surface area (Å²) in [5.74, 6) is 2.39. The molecule has 38 heavy (non-hydrogen) atoms. The van der Waals surface area contributed by atoms with Gasteiger partial charge < -0.3 is 19.4 Å². The van der Waals surface area contributed by atoms with Crippen molar-refractivity contribution in [1.82, 2.24) is 15.1 Å². The van der Waals surface area contributed by atoms with Crippen LogP contribution in [0.1, 0.15) is 24.0 Å². The fraction of sp³-hybridized carbons (Fsp3) is 0.310. The SMILES string of the molecule is C#CCCC(=O)N1CCN(C(=O)Oc2ccc3c(C)cc(=O)oc3c2)C(CNC(=O)Cc2ccccc2)C1. The smallest absolute Gasteiger partial charge is 0.415 e. The molecule has 3 aromatic rings. The predicted molar refractivity (Wildman–Crippen MR) is 142 cm³/mol. The van der Waals surface area contributed by atoms with Gasteiger partial charge in [-0.25, -0.2) is 9.59 Å². The first-order valence-electron chi connectivity index (χ1n) is 12.4. The number of amides is 3. The summed E-state index contributed by atoms with van der Waals surface area (Å²) in [4.78, 5) is 53.3. The molecule has 1 saturated heterocycles. The van der Waals surface area contributed by atoms with Gasteiger partial charge in [-0.2, -0.15) is 0 Å². The number of piperazine rings is 1. The van der Waals surface area contributed by atoms with Gasteiger partial charge in [0, 0.05) is 56.5 Å². The molecule has 9 heteroatoms. The molecular formula is C29H29N3O6. The summed E-state index contributed by atoms with van der Waals surface area (Å²) in [6.07, 6.45) is 5.42. The number of nitrogens with zero attached hydrogens (tertiary/aromatic N) is 2. The van der Waals surface area contributed by atoms with E-state index in [4.69, 9.17) is 15.6 Å². The fourth-order valence-electron chi connectivity index (χ4n) is 4.44. The van der Waals surface area contributed by atoms with Crippen molar-refractivity contribution in [3.63, 3.8) is 0 Å². The number of benzene rings is 2. The van der Waals surface area contributed by atoms with E-state index < -0.39 is 17.8 Å². The number of hydrogen-bond donors (Lipinski definition) is 1. The second kappa shape index (κ2) is 12.1. The van der Waals surface area contributed by atoms with Crippen molar-refractivity contribution in [2.75, 3.05) is 26.2 Å². The van der Waals surface area contributed by atoms with E-state index in [2.05, 4.69) is 11.2 Å². The number of fused-ring (bicyclic) bond motifs is 1. The monoisotopic (exact) mass is 515 g/mol. The Kier molecular flexibility index (Phi) is 8.44. The second-order valence-corrected chi connectivity index (χ2v) is 9.13. The lowest BCUT2D eigenvalue weighted by Gasteiger charge is -2.40. The molecule has 2 aromatic carbocycles. The largest absolute Gasteiger partial charge is 0.423 e. The molecule has 0 saturated carbocycles. The molecule has 1 fully saturated rings. The van der Waals surface area contributed by atoms with Crippen molar-refractivity contribution in [2.24, 2.45) is 0 Å². The zero-order valence-corrected chi connectivity index (χ0v) is 21.1. The van der Waals surface area contributed by atoms with Crippen molar-refractivity contribution in [3.8, 4) is 18.1 Å². The summed E-state index contributed by atoms with van der Waals surface area (Å²) in [7, 11) is 0. The molecule has 0 spiro atoms. The Hall–Kier alpha value is -4.58. The van der Waals surface area contributed by atoms with Crippen molar-refractivity contribution in [1.29, 1.82) is 0 Å². The Morgan fingerprint density at radius 2 is 1.92 bits per heavy atom. The molecule has 1 aliphatic rings. The molecule has 9 nitrogen and oxygen atoms in total. The van der Waals surface area contributed by atoms with E-state index in [0.29, 0.717) is 18.5 Å². The number of hydrogen-bond acceptors (Lipinski definition) is 6. The average Bonchev–Trinajstić information content (AvgIpc) is 2.90. The van der Waals surface area contributed by atoms with Gasteiger partial charge in [-0.3, -0.25) is 14.5 Å². The summed E-state index contributed by atoms with van der Waals surface area (Å²) in [5, 5.41) is 3.62. The van der Waals surface area contributed by atoms with Gasteiger partial charge >= 0.3 is 11.7 Å². The van der Waals surface area contributed by atoms with Crippen LogP contribution in [0.25, 0.3) is 11.0 Å². The second-order valence-electron chi connectivity index (χ2n) is 9.13. The van der Waals surface area contributed by atoms with Crippen LogP contribution in [0.3, 0.4) is 0 Å². The molecule has 0 radical (unpaired) electrons. The Balaban J connectivity index is 1.47. The van der Waals surface area contributed by atoms with Crippen molar-refractivity contribution >= 4 is 28.9 Å². The zero-order chi connectivity index (χ0) is 27.1. The topological polar surface area (TPSA) is 109 Å². The Morgan fingerprint density at radius 3 is 2.68 bits per heavy atom. The maximum absolute atomic E-state index is 13.2. The highest BCUT2D eigenvalue weighted by molar-refractivity contribution is 5.83. The van der Waals surface area contributed by atoms with Crippen LogP contribution in [0.15, 0.2) is 63.8 Å². The van der Waals surface area contributed by atoms with E-state index in [9.17, 15) is 19.2 Å². The van der Waals surface area contributed by atoms with Crippen LogP contribution in [-0.4, -0.2) is 59.9 Å². The first-order chi connectivity index (χ1) is 18.3. The average molecular weight is 516 g/mol. The van der Waals surface area contributed by atoms with Crippen LogP contribution in [0, 0.1) is 19.3 Å². The lowest BCUT2D eigenvalue weighted by Crippen LogP contribution is -2.60. The number of rotatable bonds is 7. The number of carbonyl (C=O) groups excluding carboxylic acids is 3. The minimum atomic E-state index is -0.627. The first kappa shape index (κ1) is 26.5. The van der Waals surface area contributed by atoms with Crippen LogP contribution >= 0.6 is 0 Å². The molecular weight excluding hydrogens is 486 g/mol. The van der Waals surface area contributed by atoms with Gasteiger partial charge in [0.15, 0.2) is 0 Å². The van der Waals surface area contributed by atoms with Crippen molar-refractivity contribution < 1.29 is 23.5 Å².